The SMILES string of the molecule is CC(F)c1c(Cl)cccc1C1(CC(=O)O)CC1. The Balaban J connectivity index is 2.45. The van der Waals surface area contributed by atoms with Crippen LogP contribution in [0.15, 0.2) is 18.2 Å². The van der Waals surface area contributed by atoms with Crippen molar-refractivity contribution in [3.63, 3.8) is 0 Å². The Morgan fingerprint density at radius 2 is 2.24 bits per heavy atom. The van der Waals surface area contributed by atoms with E-state index in [9.17, 15) is 9.18 Å². The first-order chi connectivity index (χ1) is 7.96. The van der Waals surface area contributed by atoms with Crippen molar-refractivity contribution in [2.45, 2.75) is 37.8 Å². The number of rotatable bonds is 4. The number of benzene rings is 1. The van der Waals surface area contributed by atoms with Crippen molar-refractivity contribution in [1.29, 1.82) is 0 Å². The molecule has 1 aliphatic carbocycles. The van der Waals surface area contributed by atoms with Gasteiger partial charge >= 0.3 is 5.97 Å². The van der Waals surface area contributed by atoms with Gasteiger partial charge in [0.15, 0.2) is 0 Å². The average Bonchev–Trinajstić information content (AvgIpc) is 2.96. The van der Waals surface area contributed by atoms with Crippen molar-refractivity contribution < 1.29 is 14.3 Å². The maximum atomic E-state index is 13.6. The van der Waals surface area contributed by atoms with E-state index in [4.69, 9.17) is 16.7 Å². The molecule has 1 aromatic carbocycles. The summed E-state index contributed by atoms with van der Waals surface area (Å²) in [5.41, 5.74) is 0.821. The van der Waals surface area contributed by atoms with Gasteiger partial charge in [0, 0.05) is 16.0 Å². The Bertz CT molecular complexity index is 453. The molecule has 1 N–H and O–H groups in total. The number of aliphatic carboxylic acids is 1. The average molecular weight is 257 g/mol. The van der Waals surface area contributed by atoms with Gasteiger partial charge in [-0.1, -0.05) is 23.7 Å². The van der Waals surface area contributed by atoms with E-state index < -0.39 is 17.6 Å². The molecule has 1 saturated carbocycles. The number of halogens is 2. The summed E-state index contributed by atoms with van der Waals surface area (Å²) in [6, 6.07) is 5.20. The highest BCUT2D eigenvalue weighted by Crippen LogP contribution is 2.54. The van der Waals surface area contributed by atoms with Crippen LogP contribution in [0.25, 0.3) is 0 Å². The molecule has 4 heteroatoms. The number of hydrogen-bond acceptors (Lipinski definition) is 1. The van der Waals surface area contributed by atoms with E-state index in [0.29, 0.717) is 10.6 Å². The second-order valence-corrected chi connectivity index (χ2v) is 5.08. The fourth-order valence-corrected chi connectivity index (χ4v) is 2.71. The zero-order valence-electron chi connectivity index (χ0n) is 9.54. The lowest BCUT2D eigenvalue weighted by atomic mass is 9.87. The summed E-state index contributed by atoms with van der Waals surface area (Å²) >= 11 is 6.01. The maximum absolute atomic E-state index is 13.6. The van der Waals surface area contributed by atoms with Crippen molar-refractivity contribution in [3.05, 3.63) is 34.3 Å². The van der Waals surface area contributed by atoms with Crippen molar-refractivity contribution in [1.82, 2.24) is 0 Å². The molecule has 0 heterocycles. The van der Waals surface area contributed by atoms with E-state index in [-0.39, 0.29) is 6.42 Å². The summed E-state index contributed by atoms with van der Waals surface area (Å²) in [7, 11) is 0. The molecule has 2 nitrogen and oxygen atoms in total. The summed E-state index contributed by atoms with van der Waals surface area (Å²) in [6.45, 7) is 1.43. The predicted molar refractivity (Wildman–Crippen MR) is 64.1 cm³/mol. The van der Waals surface area contributed by atoms with Crippen LogP contribution in [-0.4, -0.2) is 11.1 Å². The van der Waals surface area contributed by atoms with Gasteiger partial charge in [-0.3, -0.25) is 4.79 Å². The van der Waals surface area contributed by atoms with Gasteiger partial charge in [-0.05, 0) is 31.4 Å². The van der Waals surface area contributed by atoms with E-state index in [2.05, 4.69) is 0 Å². The molecule has 17 heavy (non-hydrogen) atoms. The van der Waals surface area contributed by atoms with Crippen molar-refractivity contribution >= 4 is 17.6 Å². The quantitative estimate of drug-likeness (QED) is 0.888. The molecule has 0 saturated heterocycles. The monoisotopic (exact) mass is 256 g/mol. The second-order valence-electron chi connectivity index (χ2n) is 4.67. The molecule has 0 aromatic heterocycles. The van der Waals surface area contributed by atoms with Crippen LogP contribution >= 0.6 is 11.6 Å². The molecule has 1 aromatic rings. The molecule has 0 radical (unpaired) electrons. The molecule has 0 bridgehead atoms. The molecule has 1 atom stereocenters. The lowest BCUT2D eigenvalue weighted by Gasteiger charge is -2.19. The van der Waals surface area contributed by atoms with Gasteiger partial charge < -0.3 is 5.11 Å². The molecular formula is C13H14ClFO2. The first-order valence-corrected chi connectivity index (χ1v) is 5.99. The Labute approximate surface area is 104 Å². The Morgan fingerprint density at radius 3 is 2.71 bits per heavy atom. The molecular weight excluding hydrogens is 243 g/mol. The van der Waals surface area contributed by atoms with Gasteiger partial charge in [0.2, 0.25) is 0 Å². The standard InChI is InChI=1S/C13H14ClFO2/c1-8(15)12-9(3-2-4-10(12)14)13(5-6-13)7-11(16)17/h2-4,8H,5-7H2,1H3,(H,16,17). The van der Waals surface area contributed by atoms with Gasteiger partial charge in [0.1, 0.15) is 6.17 Å². The van der Waals surface area contributed by atoms with Gasteiger partial charge in [0.05, 0.1) is 6.42 Å². The Kier molecular flexibility index (Phi) is 3.13. The number of carbonyl (C=O) groups is 1. The molecule has 1 aliphatic rings. The second kappa shape index (κ2) is 4.30. The van der Waals surface area contributed by atoms with Crippen molar-refractivity contribution in [2.24, 2.45) is 0 Å². The van der Waals surface area contributed by atoms with E-state index in [1.54, 1.807) is 18.2 Å². The highest BCUT2D eigenvalue weighted by molar-refractivity contribution is 6.31. The number of carboxylic acid groups (broad SMARTS) is 1. The molecule has 2 rings (SSSR count). The van der Waals surface area contributed by atoms with Crippen LogP contribution in [0.4, 0.5) is 4.39 Å². The zero-order chi connectivity index (χ0) is 12.6. The predicted octanol–water partition coefficient (Wildman–Crippen LogP) is 3.88. The largest absolute Gasteiger partial charge is 0.481 e. The van der Waals surface area contributed by atoms with Crippen LogP contribution in [0.2, 0.25) is 5.02 Å². The van der Waals surface area contributed by atoms with Crippen LogP contribution in [0.1, 0.15) is 43.5 Å². The maximum Gasteiger partial charge on any atom is 0.304 e. The molecule has 1 fully saturated rings. The number of hydrogen-bond donors (Lipinski definition) is 1. The lowest BCUT2D eigenvalue weighted by molar-refractivity contribution is -0.137. The normalized spacial score (nSPS) is 18.8. The molecule has 0 spiro atoms. The number of alkyl halides is 1. The smallest absolute Gasteiger partial charge is 0.304 e. The highest BCUT2D eigenvalue weighted by Gasteiger charge is 2.47. The minimum absolute atomic E-state index is 0.0487. The minimum atomic E-state index is -1.18. The summed E-state index contributed by atoms with van der Waals surface area (Å²) in [6.07, 6.45) is 0.455. The van der Waals surface area contributed by atoms with E-state index in [1.165, 1.54) is 6.92 Å². The molecule has 92 valence electrons. The van der Waals surface area contributed by atoms with Crippen molar-refractivity contribution in [2.75, 3.05) is 0 Å². The van der Waals surface area contributed by atoms with Gasteiger partial charge in [-0.2, -0.15) is 0 Å². The van der Waals surface area contributed by atoms with Gasteiger partial charge in [0.25, 0.3) is 0 Å². The fourth-order valence-electron chi connectivity index (χ4n) is 2.39. The third kappa shape index (κ3) is 2.29. The lowest BCUT2D eigenvalue weighted by Crippen LogP contribution is -2.15. The summed E-state index contributed by atoms with van der Waals surface area (Å²) in [5.74, 6) is -0.847. The van der Waals surface area contributed by atoms with Crippen LogP contribution in [0.3, 0.4) is 0 Å². The van der Waals surface area contributed by atoms with Crippen LogP contribution in [0, 0.1) is 0 Å². The Morgan fingerprint density at radius 1 is 1.59 bits per heavy atom. The summed E-state index contributed by atoms with van der Waals surface area (Å²) in [4.78, 5) is 10.9. The first-order valence-electron chi connectivity index (χ1n) is 5.61. The summed E-state index contributed by atoms with van der Waals surface area (Å²) < 4.78 is 13.6. The number of carboxylic acids is 1. The topological polar surface area (TPSA) is 37.3 Å². The fraction of sp³-hybridized carbons (Fsp3) is 0.462. The van der Waals surface area contributed by atoms with Gasteiger partial charge in [-0.15, -0.1) is 0 Å². The van der Waals surface area contributed by atoms with E-state index >= 15 is 0 Å². The highest BCUT2D eigenvalue weighted by atomic mass is 35.5. The van der Waals surface area contributed by atoms with Crippen LogP contribution < -0.4 is 0 Å². The minimum Gasteiger partial charge on any atom is -0.481 e. The van der Waals surface area contributed by atoms with E-state index in [1.807, 2.05) is 0 Å². The van der Waals surface area contributed by atoms with E-state index in [0.717, 1.165) is 18.4 Å². The molecule has 0 amide bonds. The third-order valence-electron chi connectivity index (χ3n) is 3.37. The van der Waals surface area contributed by atoms with Crippen LogP contribution in [-0.2, 0) is 10.2 Å². The first kappa shape index (κ1) is 12.4. The van der Waals surface area contributed by atoms with Gasteiger partial charge in [-0.25, -0.2) is 4.39 Å². The van der Waals surface area contributed by atoms with Crippen LogP contribution in [0.5, 0.6) is 0 Å². The Hall–Kier alpha value is -1.09. The summed E-state index contributed by atoms with van der Waals surface area (Å²) in [5, 5.41) is 9.31. The zero-order valence-corrected chi connectivity index (χ0v) is 10.3. The third-order valence-corrected chi connectivity index (χ3v) is 3.69. The van der Waals surface area contributed by atoms with Crippen molar-refractivity contribution in [3.8, 4) is 0 Å². The molecule has 0 aliphatic heterocycles. The molecule has 1 unspecified atom stereocenters.